The van der Waals surface area contributed by atoms with Crippen LogP contribution in [0.2, 0.25) is 0 Å². The fraction of sp³-hybridized carbons (Fsp3) is 0.467. The zero-order valence-corrected chi connectivity index (χ0v) is 23.5. The lowest BCUT2D eigenvalue weighted by atomic mass is 9.83. The van der Waals surface area contributed by atoms with Crippen molar-refractivity contribution in [3.8, 4) is 6.07 Å². The van der Waals surface area contributed by atoms with Crippen LogP contribution in [0.5, 0.6) is 0 Å². The molecule has 0 bridgehead atoms. The standard InChI is InChI=1S/C22H32N4O3.C8H10O/c1-6-22(4,5)14-18(20(27)24-13-12-23)25-19(17-10-8-7-9-11-17)26-21(28)29-15-16(2)3;1-9-7-8-5-3-2-4-6-8/h7-11,16,18H,6,13-15H2,1-5H3,(H,24,27)(H,25,26,28);2-6H,7H2,1H3/t18-;/m0./s1. The van der Waals surface area contributed by atoms with Crippen LogP contribution in [0.25, 0.3) is 0 Å². The van der Waals surface area contributed by atoms with E-state index in [4.69, 9.17) is 14.7 Å². The molecule has 2 rings (SSSR count). The summed E-state index contributed by atoms with van der Waals surface area (Å²) in [5, 5.41) is 14.0. The van der Waals surface area contributed by atoms with Gasteiger partial charge in [-0.2, -0.15) is 5.26 Å². The maximum atomic E-state index is 12.7. The summed E-state index contributed by atoms with van der Waals surface area (Å²) >= 11 is 0. The highest BCUT2D eigenvalue weighted by Crippen LogP contribution is 2.27. The monoisotopic (exact) mass is 522 g/mol. The molecule has 2 aromatic rings. The number of benzene rings is 2. The SMILES string of the molecule is CCC(C)(C)C[C@H](N=C(NC(=O)OCC(C)C)c1ccccc1)C(=O)NCC#N.COCc1ccccc1. The third kappa shape index (κ3) is 13.6. The van der Waals surface area contributed by atoms with Gasteiger partial charge < -0.3 is 14.8 Å². The Morgan fingerprint density at radius 2 is 1.66 bits per heavy atom. The summed E-state index contributed by atoms with van der Waals surface area (Å²) < 4.78 is 10.1. The predicted octanol–water partition coefficient (Wildman–Crippen LogP) is 5.48. The van der Waals surface area contributed by atoms with E-state index in [2.05, 4.69) is 29.5 Å². The lowest BCUT2D eigenvalue weighted by Gasteiger charge is -2.26. The molecule has 0 aromatic heterocycles. The Morgan fingerprint density at radius 3 is 2.18 bits per heavy atom. The van der Waals surface area contributed by atoms with E-state index in [1.54, 1.807) is 19.2 Å². The lowest BCUT2D eigenvalue weighted by Crippen LogP contribution is -2.40. The number of methoxy groups -OCH3 is 1. The number of ether oxygens (including phenoxy) is 2. The first-order valence-electron chi connectivity index (χ1n) is 12.9. The fourth-order valence-electron chi connectivity index (χ4n) is 3.16. The second kappa shape index (κ2) is 17.7. The van der Waals surface area contributed by atoms with E-state index in [0.717, 1.165) is 6.42 Å². The van der Waals surface area contributed by atoms with Crippen molar-refractivity contribution in [3.63, 3.8) is 0 Å². The smallest absolute Gasteiger partial charge is 0.412 e. The van der Waals surface area contributed by atoms with E-state index < -0.39 is 12.1 Å². The van der Waals surface area contributed by atoms with Gasteiger partial charge in [-0.05, 0) is 23.3 Å². The highest BCUT2D eigenvalue weighted by atomic mass is 16.5. The van der Waals surface area contributed by atoms with Gasteiger partial charge in [0.2, 0.25) is 5.91 Å². The first-order chi connectivity index (χ1) is 18.1. The first kappa shape index (κ1) is 32.3. The summed E-state index contributed by atoms with van der Waals surface area (Å²) in [6, 6.07) is 20.4. The number of aliphatic imine (C=N–C) groups is 1. The Balaban J connectivity index is 0.000000671. The van der Waals surface area contributed by atoms with Gasteiger partial charge in [0, 0.05) is 12.7 Å². The number of amidine groups is 1. The van der Waals surface area contributed by atoms with Gasteiger partial charge in [0.15, 0.2) is 0 Å². The Labute approximate surface area is 227 Å². The molecule has 0 fully saturated rings. The van der Waals surface area contributed by atoms with Gasteiger partial charge in [0.1, 0.15) is 18.4 Å². The van der Waals surface area contributed by atoms with Crippen LogP contribution < -0.4 is 10.6 Å². The van der Waals surface area contributed by atoms with Crippen molar-refractivity contribution in [3.05, 3.63) is 71.8 Å². The fourth-order valence-corrected chi connectivity index (χ4v) is 3.16. The minimum absolute atomic E-state index is 0.0953. The molecule has 0 saturated carbocycles. The summed E-state index contributed by atoms with van der Waals surface area (Å²) in [4.78, 5) is 29.5. The van der Waals surface area contributed by atoms with Crippen molar-refractivity contribution in [2.75, 3.05) is 20.3 Å². The Kier molecular flexibility index (Phi) is 15.1. The number of nitrogens with zero attached hydrogens (tertiary/aromatic N) is 2. The number of carbonyl (C=O) groups excluding carboxylic acids is 2. The molecule has 8 heteroatoms. The molecular formula is C30H42N4O4. The van der Waals surface area contributed by atoms with Crippen LogP contribution in [-0.4, -0.2) is 44.1 Å². The topological polar surface area (TPSA) is 113 Å². The average Bonchev–Trinajstić information content (AvgIpc) is 2.91. The summed E-state index contributed by atoms with van der Waals surface area (Å²) in [5.41, 5.74) is 1.75. The Morgan fingerprint density at radius 1 is 1.05 bits per heavy atom. The second-order valence-corrected chi connectivity index (χ2v) is 9.99. The summed E-state index contributed by atoms with van der Waals surface area (Å²) in [6.45, 7) is 10.9. The molecule has 0 spiro atoms. The molecule has 0 aliphatic rings. The number of hydrogen-bond acceptors (Lipinski definition) is 6. The van der Waals surface area contributed by atoms with Gasteiger partial charge in [0.25, 0.3) is 0 Å². The van der Waals surface area contributed by atoms with Crippen LogP contribution in [0.4, 0.5) is 4.79 Å². The molecule has 0 aliphatic carbocycles. The molecule has 0 radical (unpaired) electrons. The molecule has 0 saturated heterocycles. The molecule has 0 unspecified atom stereocenters. The maximum absolute atomic E-state index is 12.7. The third-order valence-electron chi connectivity index (χ3n) is 5.60. The number of hydrogen-bond donors (Lipinski definition) is 2. The molecule has 2 amide bonds. The van der Waals surface area contributed by atoms with E-state index in [9.17, 15) is 9.59 Å². The first-order valence-corrected chi connectivity index (χ1v) is 12.9. The van der Waals surface area contributed by atoms with E-state index >= 15 is 0 Å². The van der Waals surface area contributed by atoms with Gasteiger partial charge in [-0.3, -0.25) is 15.1 Å². The van der Waals surface area contributed by atoms with Gasteiger partial charge >= 0.3 is 6.09 Å². The average molecular weight is 523 g/mol. The summed E-state index contributed by atoms with van der Waals surface area (Å²) in [5.74, 6) is 0.120. The highest BCUT2D eigenvalue weighted by Gasteiger charge is 2.27. The quantitative estimate of drug-likeness (QED) is 0.230. The van der Waals surface area contributed by atoms with Crippen molar-refractivity contribution < 1.29 is 19.1 Å². The van der Waals surface area contributed by atoms with E-state index in [1.165, 1.54) is 5.56 Å². The van der Waals surface area contributed by atoms with Crippen molar-refractivity contribution in [1.82, 2.24) is 10.6 Å². The van der Waals surface area contributed by atoms with Crippen LogP contribution in [-0.2, 0) is 20.9 Å². The molecule has 8 nitrogen and oxygen atoms in total. The molecule has 1 atom stereocenters. The molecule has 2 N–H and O–H groups in total. The molecular weight excluding hydrogens is 480 g/mol. The number of nitrogens with one attached hydrogen (secondary N) is 2. The lowest BCUT2D eigenvalue weighted by molar-refractivity contribution is -0.122. The van der Waals surface area contributed by atoms with E-state index in [0.29, 0.717) is 18.6 Å². The molecule has 0 heterocycles. The number of carbonyl (C=O) groups is 2. The van der Waals surface area contributed by atoms with E-state index in [-0.39, 0.29) is 36.2 Å². The maximum Gasteiger partial charge on any atom is 0.412 e. The normalized spacial score (nSPS) is 12.0. The highest BCUT2D eigenvalue weighted by molar-refractivity contribution is 6.07. The van der Waals surface area contributed by atoms with Crippen LogP contribution in [0.1, 0.15) is 58.6 Å². The third-order valence-corrected chi connectivity index (χ3v) is 5.60. The van der Waals surface area contributed by atoms with Crippen LogP contribution in [0, 0.1) is 22.7 Å². The zero-order chi connectivity index (χ0) is 28.4. The predicted molar refractivity (Wildman–Crippen MR) is 151 cm³/mol. The van der Waals surface area contributed by atoms with Crippen molar-refractivity contribution in [2.45, 2.75) is 60.1 Å². The van der Waals surface area contributed by atoms with Crippen molar-refractivity contribution in [1.29, 1.82) is 5.26 Å². The molecule has 206 valence electrons. The number of rotatable bonds is 11. The zero-order valence-electron chi connectivity index (χ0n) is 23.5. The minimum atomic E-state index is -0.751. The largest absolute Gasteiger partial charge is 0.449 e. The van der Waals surface area contributed by atoms with Gasteiger partial charge in [-0.1, -0.05) is 102 Å². The summed E-state index contributed by atoms with van der Waals surface area (Å²) in [7, 11) is 1.70. The van der Waals surface area contributed by atoms with Crippen LogP contribution in [0.15, 0.2) is 65.7 Å². The van der Waals surface area contributed by atoms with Crippen LogP contribution >= 0.6 is 0 Å². The van der Waals surface area contributed by atoms with Gasteiger partial charge in [-0.25, -0.2) is 4.79 Å². The molecule has 0 aliphatic heterocycles. The Hall–Kier alpha value is -3.70. The number of nitriles is 1. The van der Waals surface area contributed by atoms with Crippen LogP contribution in [0.3, 0.4) is 0 Å². The van der Waals surface area contributed by atoms with Gasteiger partial charge in [-0.15, -0.1) is 0 Å². The molecule has 2 aromatic carbocycles. The van der Waals surface area contributed by atoms with Crippen molar-refractivity contribution >= 4 is 17.8 Å². The number of amides is 2. The van der Waals surface area contributed by atoms with E-state index in [1.807, 2.05) is 75.4 Å². The number of alkyl carbamates (subject to hydrolysis) is 1. The Bertz CT molecular complexity index is 1030. The minimum Gasteiger partial charge on any atom is -0.449 e. The second-order valence-electron chi connectivity index (χ2n) is 9.99. The van der Waals surface area contributed by atoms with Crippen molar-refractivity contribution in [2.24, 2.45) is 16.3 Å². The summed E-state index contributed by atoms with van der Waals surface area (Å²) in [6.07, 6.45) is 0.710. The molecule has 38 heavy (non-hydrogen) atoms. The van der Waals surface area contributed by atoms with Gasteiger partial charge in [0.05, 0.1) is 19.3 Å².